The smallest absolute Gasteiger partial charge is 0.254 e. The Morgan fingerprint density at radius 2 is 1.95 bits per heavy atom. The SMILES string of the molecule is COc1cc(C(=O)N2C(C)CNCC2C)ccc1C. The first-order valence-electron chi connectivity index (χ1n) is 6.72. The highest BCUT2D eigenvalue weighted by atomic mass is 16.5. The molecule has 0 spiro atoms. The molecule has 0 aliphatic carbocycles. The van der Waals surface area contributed by atoms with Gasteiger partial charge in [0.2, 0.25) is 0 Å². The first kappa shape index (κ1) is 13.9. The van der Waals surface area contributed by atoms with E-state index in [0.29, 0.717) is 5.56 Å². The fraction of sp³-hybridized carbons (Fsp3) is 0.533. The molecular weight excluding hydrogens is 240 g/mol. The topological polar surface area (TPSA) is 41.6 Å². The van der Waals surface area contributed by atoms with Crippen LogP contribution in [0.2, 0.25) is 0 Å². The monoisotopic (exact) mass is 262 g/mol. The fourth-order valence-electron chi connectivity index (χ4n) is 2.63. The van der Waals surface area contributed by atoms with Crippen LogP contribution in [0.1, 0.15) is 29.8 Å². The number of methoxy groups -OCH3 is 1. The number of aryl methyl sites for hydroxylation is 1. The van der Waals surface area contributed by atoms with Gasteiger partial charge in [-0.05, 0) is 38.5 Å². The van der Waals surface area contributed by atoms with Gasteiger partial charge in [0.25, 0.3) is 5.91 Å². The van der Waals surface area contributed by atoms with Gasteiger partial charge in [-0.25, -0.2) is 0 Å². The number of hydrogen-bond donors (Lipinski definition) is 1. The van der Waals surface area contributed by atoms with Gasteiger partial charge in [-0.2, -0.15) is 0 Å². The van der Waals surface area contributed by atoms with E-state index < -0.39 is 0 Å². The molecule has 0 bridgehead atoms. The average Bonchev–Trinajstić information content (AvgIpc) is 2.39. The quantitative estimate of drug-likeness (QED) is 0.884. The van der Waals surface area contributed by atoms with E-state index in [2.05, 4.69) is 19.2 Å². The molecule has 1 heterocycles. The highest BCUT2D eigenvalue weighted by Crippen LogP contribution is 2.22. The van der Waals surface area contributed by atoms with Crippen LogP contribution in [0.25, 0.3) is 0 Å². The minimum absolute atomic E-state index is 0.0831. The zero-order valence-electron chi connectivity index (χ0n) is 12.1. The molecule has 104 valence electrons. The maximum absolute atomic E-state index is 12.6. The summed E-state index contributed by atoms with van der Waals surface area (Å²) in [7, 11) is 1.63. The minimum atomic E-state index is 0.0831. The highest BCUT2D eigenvalue weighted by molar-refractivity contribution is 5.95. The standard InChI is InChI=1S/C15H22N2O2/c1-10-5-6-13(7-14(10)19-4)15(18)17-11(2)8-16-9-12(17)3/h5-7,11-12,16H,8-9H2,1-4H3. The van der Waals surface area contributed by atoms with Crippen LogP contribution in [0.5, 0.6) is 5.75 Å². The Morgan fingerprint density at radius 1 is 1.32 bits per heavy atom. The van der Waals surface area contributed by atoms with Crippen molar-refractivity contribution >= 4 is 5.91 Å². The molecule has 0 saturated carbocycles. The summed E-state index contributed by atoms with van der Waals surface area (Å²) in [6.45, 7) is 7.82. The summed E-state index contributed by atoms with van der Waals surface area (Å²) in [6, 6.07) is 6.07. The third-order valence-electron chi connectivity index (χ3n) is 3.72. The zero-order valence-corrected chi connectivity index (χ0v) is 12.1. The van der Waals surface area contributed by atoms with Crippen molar-refractivity contribution in [3.63, 3.8) is 0 Å². The van der Waals surface area contributed by atoms with Crippen LogP contribution in [-0.2, 0) is 0 Å². The van der Waals surface area contributed by atoms with E-state index in [1.807, 2.05) is 30.0 Å². The van der Waals surface area contributed by atoms with Gasteiger partial charge in [-0.1, -0.05) is 6.07 Å². The summed E-state index contributed by atoms with van der Waals surface area (Å²) in [5.74, 6) is 0.848. The Balaban J connectivity index is 2.27. The molecule has 4 heteroatoms. The number of ether oxygens (including phenoxy) is 1. The molecule has 4 nitrogen and oxygen atoms in total. The maximum Gasteiger partial charge on any atom is 0.254 e. The zero-order chi connectivity index (χ0) is 14.0. The lowest BCUT2D eigenvalue weighted by molar-refractivity contribution is 0.0544. The average molecular weight is 262 g/mol. The van der Waals surface area contributed by atoms with Crippen molar-refractivity contribution in [2.75, 3.05) is 20.2 Å². The van der Waals surface area contributed by atoms with E-state index in [4.69, 9.17) is 4.74 Å². The third kappa shape index (κ3) is 2.73. The van der Waals surface area contributed by atoms with E-state index in [1.54, 1.807) is 7.11 Å². The summed E-state index contributed by atoms with van der Waals surface area (Å²) < 4.78 is 5.29. The van der Waals surface area contributed by atoms with Crippen molar-refractivity contribution in [3.05, 3.63) is 29.3 Å². The van der Waals surface area contributed by atoms with E-state index in [1.165, 1.54) is 0 Å². The molecule has 1 aromatic carbocycles. The van der Waals surface area contributed by atoms with Crippen LogP contribution >= 0.6 is 0 Å². The second-order valence-corrected chi connectivity index (χ2v) is 5.25. The molecule has 1 fully saturated rings. The minimum Gasteiger partial charge on any atom is -0.496 e. The van der Waals surface area contributed by atoms with Gasteiger partial charge in [-0.15, -0.1) is 0 Å². The number of benzene rings is 1. The van der Waals surface area contributed by atoms with E-state index >= 15 is 0 Å². The van der Waals surface area contributed by atoms with E-state index in [0.717, 1.165) is 24.4 Å². The van der Waals surface area contributed by atoms with Gasteiger partial charge in [0.1, 0.15) is 5.75 Å². The largest absolute Gasteiger partial charge is 0.496 e. The molecule has 2 unspecified atom stereocenters. The number of carbonyl (C=O) groups is 1. The predicted octanol–water partition coefficient (Wildman–Crippen LogP) is 1.83. The number of nitrogens with zero attached hydrogens (tertiary/aromatic N) is 1. The van der Waals surface area contributed by atoms with Gasteiger partial charge in [0.15, 0.2) is 0 Å². The first-order chi connectivity index (χ1) is 9.04. The van der Waals surface area contributed by atoms with Gasteiger partial charge in [-0.3, -0.25) is 4.79 Å². The van der Waals surface area contributed by atoms with Gasteiger partial charge >= 0.3 is 0 Å². The normalized spacial score (nSPS) is 23.3. The molecular formula is C15H22N2O2. The van der Waals surface area contributed by atoms with Crippen molar-refractivity contribution in [1.82, 2.24) is 10.2 Å². The second kappa shape index (κ2) is 5.61. The summed E-state index contributed by atoms with van der Waals surface area (Å²) in [5.41, 5.74) is 1.74. The number of nitrogens with one attached hydrogen (secondary N) is 1. The third-order valence-corrected chi connectivity index (χ3v) is 3.72. The van der Waals surface area contributed by atoms with Crippen LogP contribution < -0.4 is 10.1 Å². The summed E-state index contributed by atoms with van der Waals surface area (Å²) in [6.07, 6.45) is 0. The van der Waals surface area contributed by atoms with Crippen molar-refractivity contribution < 1.29 is 9.53 Å². The lowest BCUT2D eigenvalue weighted by atomic mass is 10.1. The molecule has 1 amide bonds. The number of carbonyl (C=O) groups excluding carboxylic acids is 1. The molecule has 1 saturated heterocycles. The molecule has 1 aliphatic rings. The molecule has 1 aliphatic heterocycles. The summed E-state index contributed by atoms with van der Waals surface area (Å²) >= 11 is 0. The first-order valence-corrected chi connectivity index (χ1v) is 6.72. The Labute approximate surface area is 114 Å². The molecule has 1 N–H and O–H groups in total. The summed E-state index contributed by atoms with van der Waals surface area (Å²) in [5, 5.41) is 3.33. The highest BCUT2D eigenvalue weighted by Gasteiger charge is 2.29. The van der Waals surface area contributed by atoms with Crippen molar-refractivity contribution in [2.45, 2.75) is 32.9 Å². The molecule has 19 heavy (non-hydrogen) atoms. The summed E-state index contributed by atoms with van der Waals surface area (Å²) in [4.78, 5) is 14.6. The van der Waals surface area contributed by atoms with Crippen LogP contribution in [-0.4, -0.2) is 43.1 Å². The predicted molar refractivity (Wildman–Crippen MR) is 75.7 cm³/mol. The van der Waals surface area contributed by atoms with Gasteiger partial charge in [0.05, 0.1) is 7.11 Å². The number of piperazine rings is 1. The Bertz CT molecular complexity index is 463. The number of amides is 1. The van der Waals surface area contributed by atoms with Crippen molar-refractivity contribution in [2.24, 2.45) is 0 Å². The molecule has 1 aromatic rings. The van der Waals surface area contributed by atoms with Gasteiger partial charge in [0, 0.05) is 30.7 Å². The molecule has 2 rings (SSSR count). The van der Waals surface area contributed by atoms with Crippen molar-refractivity contribution in [1.29, 1.82) is 0 Å². The lowest BCUT2D eigenvalue weighted by Gasteiger charge is -2.39. The number of hydrogen-bond acceptors (Lipinski definition) is 3. The van der Waals surface area contributed by atoms with Gasteiger partial charge < -0.3 is 15.0 Å². The maximum atomic E-state index is 12.6. The van der Waals surface area contributed by atoms with E-state index in [9.17, 15) is 4.79 Å². The Hall–Kier alpha value is -1.55. The van der Waals surface area contributed by atoms with Crippen LogP contribution in [0, 0.1) is 6.92 Å². The molecule has 2 atom stereocenters. The van der Waals surface area contributed by atoms with Crippen LogP contribution in [0.3, 0.4) is 0 Å². The fourth-order valence-corrected chi connectivity index (χ4v) is 2.63. The van der Waals surface area contributed by atoms with E-state index in [-0.39, 0.29) is 18.0 Å². The van der Waals surface area contributed by atoms with Crippen LogP contribution in [0.4, 0.5) is 0 Å². The lowest BCUT2D eigenvalue weighted by Crippen LogP contribution is -2.57. The molecule has 0 radical (unpaired) electrons. The number of rotatable bonds is 2. The Kier molecular flexibility index (Phi) is 4.10. The Morgan fingerprint density at radius 3 is 2.53 bits per heavy atom. The second-order valence-electron chi connectivity index (χ2n) is 5.25. The van der Waals surface area contributed by atoms with Crippen LogP contribution in [0.15, 0.2) is 18.2 Å². The molecule has 0 aromatic heterocycles. The van der Waals surface area contributed by atoms with Crippen molar-refractivity contribution in [3.8, 4) is 5.75 Å².